The van der Waals surface area contributed by atoms with Gasteiger partial charge in [-0.05, 0) is 55.2 Å². The van der Waals surface area contributed by atoms with Gasteiger partial charge >= 0.3 is 0 Å². The van der Waals surface area contributed by atoms with Gasteiger partial charge in [-0.25, -0.2) is 0 Å². The number of likely N-dealkylation sites (N-methyl/N-ethyl adjacent to an activating group) is 1. The molecule has 2 heterocycles. The van der Waals surface area contributed by atoms with Gasteiger partial charge in [-0.1, -0.05) is 13.8 Å². The van der Waals surface area contributed by atoms with E-state index in [0.29, 0.717) is 6.04 Å². The highest BCUT2D eigenvalue weighted by atomic mass is 127. The lowest BCUT2D eigenvalue weighted by molar-refractivity contribution is 0.0420. The number of ether oxygens (including phenoxy) is 2. The molecular formula is C20H37IN4O2S. The molecule has 2 N–H and O–H groups in total. The number of thiophene rings is 1. The molecule has 1 aliphatic heterocycles. The molecule has 0 radical (unpaired) electrons. The van der Waals surface area contributed by atoms with Gasteiger partial charge in [0.25, 0.3) is 0 Å². The van der Waals surface area contributed by atoms with Crippen molar-refractivity contribution in [1.29, 1.82) is 0 Å². The third-order valence-corrected chi connectivity index (χ3v) is 5.50. The molecule has 1 fully saturated rings. The number of halogens is 1. The molecule has 1 aliphatic rings. The monoisotopic (exact) mass is 524 g/mol. The van der Waals surface area contributed by atoms with E-state index in [1.807, 2.05) is 0 Å². The van der Waals surface area contributed by atoms with Crippen LogP contribution in [0.3, 0.4) is 0 Å². The summed E-state index contributed by atoms with van der Waals surface area (Å²) in [5.74, 6) is 0.883. The summed E-state index contributed by atoms with van der Waals surface area (Å²) in [4.78, 5) is 7.32. The minimum Gasteiger partial charge on any atom is -0.379 e. The van der Waals surface area contributed by atoms with Gasteiger partial charge < -0.3 is 20.1 Å². The molecule has 0 aromatic carbocycles. The molecule has 0 amide bonds. The largest absolute Gasteiger partial charge is 0.379 e. The van der Waals surface area contributed by atoms with Crippen molar-refractivity contribution in [2.45, 2.75) is 45.8 Å². The van der Waals surface area contributed by atoms with Crippen LogP contribution in [0.4, 0.5) is 0 Å². The molecule has 8 heteroatoms. The van der Waals surface area contributed by atoms with E-state index >= 15 is 0 Å². The van der Waals surface area contributed by atoms with E-state index in [1.165, 1.54) is 5.56 Å². The zero-order chi connectivity index (χ0) is 19.3. The lowest BCUT2D eigenvalue weighted by atomic mass is 10.1. The summed E-state index contributed by atoms with van der Waals surface area (Å²) in [5, 5.41) is 11.2. The third kappa shape index (κ3) is 8.94. The Kier molecular flexibility index (Phi) is 14.1. The van der Waals surface area contributed by atoms with Crippen molar-refractivity contribution in [2.24, 2.45) is 4.99 Å². The quantitative estimate of drug-likeness (QED) is 0.190. The van der Waals surface area contributed by atoms with Gasteiger partial charge in [-0.3, -0.25) is 9.89 Å². The van der Waals surface area contributed by atoms with Crippen LogP contribution in [0.2, 0.25) is 0 Å². The number of aliphatic imine (C=N–C) groups is 1. The lowest BCUT2D eigenvalue weighted by Crippen LogP contribution is -2.39. The summed E-state index contributed by atoms with van der Waals surface area (Å²) in [6, 6.07) is 2.54. The van der Waals surface area contributed by atoms with Gasteiger partial charge in [0.15, 0.2) is 5.96 Å². The van der Waals surface area contributed by atoms with Crippen molar-refractivity contribution in [3.8, 4) is 0 Å². The van der Waals surface area contributed by atoms with E-state index in [0.717, 1.165) is 71.3 Å². The topological polar surface area (TPSA) is 58.1 Å². The second-order valence-electron chi connectivity index (χ2n) is 6.65. The van der Waals surface area contributed by atoms with Crippen LogP contribution in [-0.4, -0.2) is 69.5 Å². The molecule has 1 aromatic heterocycles. The first-order valence-electron chi connectivity index (χ1n) is 10.3. The van der Waals surface area contributed by atoms with E-state index in [4.69, 9.17) is 14.5 Å². The Morgan fingerprint density at radius 1 is 1.36 bits per heavy atom. The van der Waals surface area contributed by atoms with Gasteiger partial charge in [0, 0.05) is 26.3 Å². The van der Waals surface area contributed by atoms with Gasteiger partial charge in [0.2, 0.25) is 0 Å². The maximum absolute atomic E-state index is 5.82. The molecule has 1 saturated heterocycles. The summed E-state index contributed by atoms with van der Waals surface area (Å²) in [7, 11) is 0. The number of guanidine groups is 1. The molecule has 2 atom stereocenters. The number of nitrogens with one attached hydrogen (secondary N) is 2. The molecule has 1 aromatic rings. The van der Waals surface area contributed by atoms with E-state index in [2.05, 4.69) is 53.1 Å². The Bertz CT molecular complexity index is 520. The minimum absolute atomic E-state index is 0. The lowest BCUT2D eigenvalue weighted by Gasteiger charge is -2.28. The van der Waals surface area contributed by atoms with E-state index in [9.17, 15) is 0 Å². The standard InChI is InChI=1S/C20H36N4O2S.HI/c1-4-21-20(22-10-7-11-26-18-8-12-25-15-18)23-14-19(24(5-2)6-3)17-9-13-27-16-17;/h9,13,16,18-19H,4-8,10-12,14-15H2,1-3H3,(H2,21,22,23);1H. The summed E-state index contributed by atoms with van der Waals surface area (Å²) in [6.45, 7) is 13.4. The average molecular weight is 525 g/mol. The molecule has 6 nitrogen and oxygen atoms in total. The second kappa shape index (κ2) is 15.4. The molecule has 162 valence electrons. The highest BCUT2D eigenvalue weighted by Crippen LogP contribution is 2.23. The maximum atomic E-state index is 5.82. The SMILES string of the molecule is CCNC(=NCC(c1ccsc1)N(CC)CC)NCCCOC1CCOC1.I. The molecule has 2 rings (SSSR count). The number of hydrogen-bond donors (Lipinski definition) is 2. The van der Waals surface area contributed by atoms with Crippen LogP contribution in [0, 0.1) is 0 Å². The fourth-order valence-corrected chi connectivity index (χ4v) is 3.96. The van der Waals surface area contributed by atoms with Crippen molar-refractivity contribution in [3.05, 3.63) is 22.4 Å². The first kappa shape index (κ1) is 25.6. The number of rotatable bonds is 12. The Morgan fingerprint density at radius 2 is 2.18 bits per heavy atom. The van der Waals surface area contributed by atoms with Gasteiger partial charge in [0.05, 0.1) is 25.3 Å². The van der Waals surface area contributed by atoms with Crippen LogP contribution in [0.1, 0.15) is 45.2 Å². The molecule has 0 saturated carbocycles. The predicted molar refractivity (Wildman–Crippen MR) is 129 cm³/mol. The van der Waals surface area contributed by atoms with Crippen molar-refractivity contribution in [2.75, 3.05) is 52.5 Å². The third-order valence-electron chi connectivity index (χ3n) is 4.80. The van der Waals surface area contributed by atoms with Crippen LogP contribution in [-0.2, 0) is 9.47 Å². The normalized spacial score (nSPS) is 18.1. The van der Waals surface area contributed by atoms with E-state index in [1.54, 1.807) is 11.3 Å². The fourth-order valence-electron chi connectivity index (χ4n) is 3.25. The summed E-state index contributed by atoms with van der Waals surface area (Å²) >= 11 is 1.75. The van der Waals surface area contributed by atoms with Gasteiger partial charge in [-0.2, -0.15) is 11.3 Å². The van der Waals surface area contributed by atoms with Gasteiger partial charge in [-0.15, -0.1) is 24.0 Å². The van der Waals surface area contributed by atoms with Crippen molar-refractivity contribution in [1.82, 2.24) is 15.5 Å². The van der Waals surface area contributed by atoms with Gasteiger partial charge in [0.1, 0.15) is 0 Å². The zero-order valence-corrected chi connectivity index (χ0v) is 20.6. The molecule has 28 heavy (non-hydrogen) atoms. The first-order chi connectivity index (χ1) is 13.3. The Morgan fingerprint density at radius 3 is 2.79 bits per heavy atom. The van der Waals surface area contributed by atoms with Crippen LogP contribution in [0.5, 0.6) is 0 Å². The highest BCUT2D eigenvalue weighted by molar-refractivity contribution is 14.0. The van der Waals surface area contributed by atoms with E-state index in [-0.39, 0.29) is 30.1 Å². The number of hydrogen-bond acceptors (Lipinski definition) is 5. The molecule has 0 bridgehead atoms. The van der Waals surface area contributed by atoms with Crippen LogP contribution in [0.25, 0.3) is 0 Å². The highest BCUT2D eigenvalue weighted by Gasteiger charge is 2.18. The molecule has 2 unspecified atom stereocenters. The van der Waals surface area contributed by atoms with Crippen LogP contribution < -0.4 is 10.6 Å². The van der Waals surface area contributed by atoms with Crippen molar-refractivity contribution < 1.29 is 9.47 Å². The second-order valence-corrected chi connectivity index (χ2v) is 7.43. The fraction of sp³-hybridized carbons (Fsp3) is 0.750. The summed E-state index contributed by atoms with van der Waals surface area (Å²) in [6.07, 6.45) is 2.27. The van der Waals surface area contributed by atoms with Crippen molar-refractivity contribution in [3.63, 3.8) is 0 Å². The molecule has 0 aliphatic carbocycles. The predicted octanol–water partition coefficient (Wildman–Crippen LogP) is 3.50. The average Bonchev–Trinajstić information content (AvgIpc) is 3.38. The Labute approximate surface area is 191 Å². The summed E-state index contributed by atoms with van der Waals surface area (Å²) in [5.41, 5.74) is 1.36. The number of nitrogens with zero attached hydrogens (tertiary/aromatic N) is 2. The summed E-state index contributed by atoms with van der Waals surface area (Å²) < 4.78 is 11.2. The van der Waals surface area contributed by atoms with Crippen molar-refractivity contribution >= 4 is 41.3 Å². The Balaban J connectivity index is 0.00000392. The first-order valence-corrected chi connectivity index (χ1v) is 11.2. The van der Waals surface area contributed by atoms with Crippen LogP contribution in [0.15, 0.2) is 21.8 Å². The minimum atomic E-state index is 0. The maximum Gasteiger partial charge on any atom is 0.191 e. The smallest absolute Gasteiger partial charge is 0.191 e. The molecular weight excluding hydrogens is 487 g/mol. The molecule has 0 spiro atoms. The Hall–Kier alpha value is -0.420. The zero-order valence-electron chi connectivity index (χ0n) is 17.5. The van der Waals surface area contributed by atoms with E-state index < -0.39 is 0 Å². The van der Waals surface area contributed by atoms with Crippen LogP contribution >= 0.6 is 35.3 Å².